The third kappa shape index (κ3) is 3.18. The van der Waals surface area contributed by atoms with Crippen molar-refractivity contribution in [3.05, 3.63) is 11.9 Å². The summed E-state index contributed by atoms with van der Waals surface area (Å²) in [6.45, 7) is 4.24. The summed E-state index contributed by atoms with van der Waals surface area (Å²) in [7, 11) is 0. The number of ketones is 1. The molecule has 1 aromatic rings. The highest BCUT2D eigenvalue weighted by Crippen LogP contribution is 2.34. The lowest BCUT2D eigenvalue weighted by Gasteiger charge is -2.28. The van der Waals surface area contributed by atoms with E-state index in [2.05, 4.69) is 22.6 Å². The molecule has 1 saturated heterocycles. The van der Waals surface area contributed by atoms with Crippen LogP contribution in [0.1, 0.15) is 68.4 Å². The van der Waals surface area contributed by atoms with E-state index < -0.39 is 0 Å². The molecule has 5 nitrogen and oxygen atoms in total. The van der Waals surface area contributed by atoms with Gasteiger partial charge in [0.1, 0.15) is 5.69 Å². The van der Waals surface area contributed by atoms with Gasteiger partial charge in [0, 0.05) is 5.92 Å². The molecule has 0 aromatic carbocycles. The molecule has 2 aliphatic rings. The molecule has 116 valence electrons. The van der Waals surface area contributed by atoms with E-state index in [1.807, 2.05) is 10.9 Å². The zero-order valence-electron chi connectivity index (χ0n) is 12.9. The number of piperidine rings is 1. The molecule has 21 heavy (non-hydrogen) atoms. The van der Waals surface area contributed by atoms with Crippen LogP contribution in [0.5, 0.6) is 0 Å². The minimum atomic E-state index is 0.168. The van der Waals surface area contributed by atoms with Crippen LogP contribution in [0.15, 0.2) is 6.20 Å². The normalized spacial score (nSPS) is 27.7. The van der Waals surface area contributed by atoms with Gasteiger partial charge in [-0.3, -0.25) is 4.79 Å². The number of rotatable bonds is 4. The second kappa shape index (κ2) is 6.69. The van der Waals surface area contributed by atoms with Gasteiger partial charge in [-0.25, -0.2) is 4.68 Å². The Labute approximate surface area is 126 Å². The van der Waals surface area contributed by atoms with Crippen molar-refractivity contribution in [1.82, 2.24) is 20.3 Å². The van der Waals surface area contributed by atoms with Gasteiger partial charge in [0.05, 0.1) is 12.2 Å². The molecule has 1 aromatic heterocycles. The van der Waals surface area contributed by atoms with Gasteiger partial charge in [-0.2, -0.15) is 0 Å². The van der Waals surface area contributed by atoms with E-state index in [-0.39, 0.29) is 11.7 Å². The Morgan fingerprint density at radius 1 is 1.29 bits per heavy atom. The summed E-state index contributed by atoms with van der Waals surface area (Å²) in [5, 5.41) is 11.8. The minimum absolute atomic E-state index is 0.168. The number of hydrogen-bond donors (Lipinski definition) is 1. The van der Waals surface area contributed by atoms with Crippen molar-refractivity contribution in [1.29, 1.82) is 0 Å². The fourth-order valence-electron chi connectivity index (χ4n) is 3.87. The van der Waals surface area contributed by atoms with Gasteiger partial charge in [-0.15, -0.1) is 5.10 Å². The van der Waals surface area contributed by atoms with Crippen molar-refractivity contribution < 1.29 is 4.79 Å². The quantitative estimate of drug-likeness (QED) is 0.866. The highest BCUT2D eigenvalue weighted by atomic mass is 16.1. The van der Waals surface area contributed by atoms with Crippen LogP contribution in [0, 0.1) is 11.8 Å². The van der Waals surface area contributed by atoms with Crippen molar-refractivity contribution in [2.75, 3.05) is 13.1 Å². The molecule has 5 heteroatoms. The Morgan fingerprint density at radius 3 is 2.81 bits per heavy atom. The van der Waals surface area contributed by atoms with Crippen LogP contribution in [-0.4, -0.2) is 33.9 Å². The number of hydrogen-bond acceptors (Lipinski definition) is 4. The number of carbonyl (C=O) groups is 1. The SMILES string of the molecule is CCC1CCCCC1C(=O)c1cn(C2CCNCC2)nn1. The van der Waals surface area contributed by atoms with Crippen LogP contribution in [0.3, 0.4) is 0 Å². The molecule has 2 atom stereocenters. The highest BCUT2D eigenvalue weighted by molar-refractivity contribution is 5.96. The first-order chi connectivity index (χ1) is 10.3. The van der Waals surface area contributed by atoms with E-state index >= 15 is 0 Å². The first kappa shape index (κ1) is 14.7. The van der Waals surface area contributed by atoms with Crippen LogP contribution < -0.4 is 5.32 Å². The Bertz CT molecular complexity index is 478. The zero-order valence-corrected chi connectivity index (χ0v) is 12.9. The number of Topliss-reactive ketones (excluding diaryl/α,β-unsaturated/α-hetero) is 1. The summed E-state index contributed by atoms with van der Waals surface area (Å²) in [6.07, 6.45) is 9.78. The molecule has 2 fully saturated rings. The maximum atomic E-state index is 12.7. The van der Waals surface area contributed by atoms with E-state index in [1.165, 1.54) is 19.3 Å². The number of carbonyl (C=O) groups excluding carboxylic acids is 1. The molecular formula is C16H26N4O. The van der Waals surface area contributed by atoms with Gasteiger partial charge in [-0.05, 0) is 44.7 Å². The lowest BCUT2D eigenvalue weighted by atomic mass is 9.75. The summed E-state index contributed by atoms with van der Waals surface area (Å²) in [4.78, 5) is 12.7. The third-order valence-electron chi connectivity index (χ3n) is 5.22. The van der Waals surface area contributed by atoms with Gasteiger partial charge in [0.15, 0.2) is 5.78 Å². The molecule has 2 heterocycles. The van der Waals surface area contributed by atoms with Gasteiger partial charge in [-0.1, -0.05) is 31.4 Å². The minimum Gasteiger partial charge on any atom is -0.317 e. The van der Waals surface area contributed by atoms with Crippen LogP contribution in [0.25, 0.3) is 0 Å². The summed E-state index contributed by atoms with van der Waals surface area (Å²) in [5.74, 6) is 0.930. The zero-order chi connectivity index (χ0) is 14.7. The highest BCUT2D eigenvalue weighted by Gasteiger charge is 2.32. The van der Waals surface area contributed by atoms with E-state index in [1.54, 1.807) is 0 Å². The fourth-order valence-corrected chi connectivity index (χ4v) is 3.87. The van der Waals surface area contributed by atoms with Gasteiger partial charge >= 0.3 is 0 Å². The average Bonchev–Trinajstić information content (AvgIpc) is 3.05. The summed E-state index contributed by atoms with van der Waals surface area (Å²) in [5.41, 5.74) is 0.582. The summed E-state index contributed by atoms with van der Waals surface area (Å²) in [6, 6.07) is 0.397. The van der Waals surface area contributed by atoms with Crippen molar-refractivity contribution in [2.24, 2.45) is 11.8 Å². The van der Waals surface area contributed by atoms with E-state index in [0.717, 1.165) is 38.8 Å². The van der Waals surface area contributed by atoms with Crippen molar-refractivity contribution in [2.45, 2.75) is 57.9 Å². The second-order valence-electron chi connectivity index (χ2n) is 6.49. The molecule has 1 N–H and O–H groups in total. The Kier molecular flexibility index (Phi) is 4.68. The lowest BCUT2D eigenvalue weighted by molar-refractivity contribution is 0.0814. The molecule has 1 saturated carbocycles. The molecule has 0 spiro atoms. The van der Waals surface area contributed by atoms with E-state index in [0.29, 0.717) is 17.7 Å². The maximum absolute atomic E-state index is 12.7. The first-order valence-corrected chi connectivity index (χ1v) is 8.46. The number of aromatic nitrogens is 3. The topological polar surface area (TPSA) is 59.8 Å². The van der Waals surface area contributed by atoms with Gasteiger partial charge < -0.3 is 5.32 Å². The lowest BCUT2D eigenvalue weighted by Crippen LogP contribution is -2.29. The van der Waals surface area contributed by atoms with Crippen molar-refractivity contribution >= 4 is 5.78 Å². The van der Waals surface area contributed by atoms with Gasteiger partial charge in [0.25, 0.3) is 0 Å². The van der Waals surface area contributed by atoms with Crippen LogP contribution in [0.2, 0.25) is 0 Å². The maximum Gasteiger partial charge on any atom is 0.188 e. The predicted octanol–water partition coefficient (Wildman–Crippen LogP) is 2.60. The molecule has 0 amide bonds. The van der Waals surface area contributed by atoms with Crippen molar-refractivity contribution in [3.63, 3.8) is 0 Å². The van der Waals surface area contributed by atoms with Crippen LogP contribution >= 0.6 is 0 Å². The number of nitrogens with zero attached hydrogens (tertiary/aromatic N) is 3. The smallest absolute Gasteiger partial charge is 0.188 e. The van der Waals surface area contributed by atoms with Crippen molar-refractivity contribution in [3.8, 4) is 0 Å². The van der Waals surface area contributed by atoms with Crippen LogP contribution in [0.4, 0.5) is 0 Å². The van der Waals surface area contributed by atoms with E-state index in [9.17, 15) is 4.79 Å². The molecular weight excluding hydrogens is 264 g/mol. The monoisotopic (exact) mass is 290 g/mol. The molecule has 0 bridgehead atoms. The summed E-state index contributed by atoms with van der Waals surface area (Å²) < 4.78 is 1.91. The molecule has 1 aliphatic heterocycles. The third-order valence-corrected chi connectivity index (χ3v) is 5.22. The van der Waals surface area contributed by atoms with Crippen LogP contribution in [-0.2, 0) is 0 Å². The van der Waals surface area contributed by atoms with Gasteiger partial charge in [0.2, 0.25) is 0 Å². The standard InChI is InChI=1S/C16H26N4O/c1-2-12-5-3-4-6-14(12)16(21)15-11-20(19-18-15)13-7-9-17-10-8-13/h11-14,17H,2-10H2,1H3. The Balaban J connectivity index is 1.71. The molecule has 2 unspecified atom stereocenters. The largest absolute Gasteiger partial charge is 0.317 e. The van der Waals surface area contributed by atoms with E-state index in [4.69, 9.17) is 0 Å². The average molecular weight is 290 g/mol. The Morgan fingerprint density at radius 2 is 2.05 bits per heavy atom. The number of nitrogens with one attached hydrogen (secondary N) is 1. The first-order valence-electron chi connectivity index (χ1n) is 8.46. The summed E-state index contributed by atoms with van der Waals surface area (Å²) >= 11 is 0. The predicted molar refractivity (Wildman–Crippen MR) is 81.2 cm³/mol. The molecule has 3 rings (SSSR count). The fraction of sp³-hybridized carbons (Fsp3) is 0.812. The Hall–Kier alpha value is -1.23. The molecule has 1 aliphatic carbocycles. The molecule has 0 radical (unpaired) electrons. The second-order valence-corrected chi connectivity index (χ2v) is 6.49.